The zero-order valence-corrected chi connectivity index (χ0v) is 12.9. The van der Waals surface area contributed by atoms with Crippen LogP contribution >= 0.6 is 23.4 Å². The highest BCUT2D eigenvalue weighted by Gasteiger charge is 2.33. The Morgan fingerprint density at radius 2 is 2.32 bits per heavy atom. The van der Waals surface area contributed by atoms with Crippen LogP contribution in [0, 0.1) is 6.92 Å². The minimum Gasteiger partial charge on any atom is -0.383 e. The first-order valence-electron chi connectivity index (χ1n) is 6.15. The molecule has 0 saturated carbocycles. The first-order chi connectivity index (χ1) is 9.06. The normalized spacial score (nSPS) is 20.1. The van der Waals surface area contributed by atoms with Crippen molar-refractivity contribution in [2.24, 2.45) is 7.05 Å². The molecule has 1 saturated heterocycles. The predicted molar refractivity (Wildman–Crippen MR) is 76.4 cm³/mol. The second-order valence-electron chi connectivity index (χ2n) is 4.47. The van der Waals surface area contributed by atoms with Gasteiger partial charge < -0.3 is 9.64 Å². The molecule has 1 fully saturated rings. The number of thioether (sulfide) groups is 1. The summed E-state index contributed by atoms with van der Waals surface area (Å²) in [6, 6.07) is 0. The number of aryl methyl sites for hydroxylation is 2. The van der Waals surface area contributed by atoms with E-state index in [9.17, 15) is 4.79 Å². The highest BCUT2D eigenvalue weighted by Crippen LogP contribution is 2.41. The Hall–Kier alpha value is -0.720. The molecule has 106 valence electrons. The third kappa shape index (κ3) is 2.90. The van der Waals surface area contributed by atoms with E-state index in [1.807, 2.05) is 18.9 Å². The quantitative estimate of drug-likeness (QED) is 0.853. The van der Waals surface area contributed by atoms with Gasteiger partial charge in [-0.3, -0.25) is 9.48 Å². The van der Waals surface area contributed by atoms with Gasteiger partial charge in [0.2, 0.25) is 5.91 Å². The minimum absolute atomic E-state index is 0.0578. The lowest BCUT2D eigenvalue weighted by molar-refractivity contribution is -0.132. The van der Waals surface area contributed by atoms with E-state index in [1.165, 1.54) is 0 Å². The Balaban J connectivity index is 2.31. The van der Waals surface area contributed by atoms with Crippen LogP contribution in [0.15, 0.2) is 0 Å². The zero-order valence-electron chi connectivity index (χ0n) is 11.4. The average Bonchev–Trinajstić information content (AvgIpc) is 2.62. The van der Waals surface area contributed by atoms with E-state index in [4.69, 9.17) is 16.3 Å². The summed E-state index contributed by atoms with van der Waals surface area (Å²) in [5.74, 6) is 0.970. The topological polar surface area (TPSA) is 47.4 Å². The first kappa shape index (κ1) is 14.7. The highest BCUT2D eigenvalue weighted by molar-refractivity contribution is 7.99. The van der Waals surface area contributed by atoms with Crippen molar-refractivity contribution >= 4 is 29.3 Å². The van der Waals surface area contributed by atoms with E-state index in [0.717, 1.165) is 17.0 Å². The van der Waals surface area contributed by atoms with Crippen LogP contribution < -0.4 is 0 Å². The molecule has 1 aliphatic heterocycles. The second kappa shape index (κ2) is 6.15. The highest BCUT2D eigenvalue weighted by atomic mass is 35.5. The number of amides is 1. The standard InChI is InChI=1S/C12H18ClN3O2S/c1-8-10(11(13)15(2)14-8)12-16(5-6-18-3)9(17)4-7-19-12/h12H,4-7H2,1-3H3. The summed E-state index contributed by atoms with van der Waals surface area (Å²) in [7, 11) is 3.45. The molecule has 1 amide bonds. The maximum atomic E-state index is 12.1. The molecule has 0 N–H and O–H groups in total. The Labute approximate surface area is 122 Å². The average molecular weight is 304 g/mol. The number of halogens is 1. The fourth-order valence-electron chi connectivity index (χ4n) is 2.22. The fraction of sp³-hybridized carbons (Fsp3) is 0.667. The van der Waals surface area contributed by atoms with Crippen molar-refractivity contribution < 1.29 is 9.53 Å². The van der Waals surface area contributed by atoms with Gasteiger partial charge in [-0.05, 0) is 6.92 Å². The van der Waals surface area contributed by atoms with Gasteiger partial charge >= 0.3 is 0 Å². The fourth-order valence-corrected chi connectivity index (χ4v) is 3.93. The molecule has 1 aliphatic rings. The van der Waals surface area contributed by atoms with E-state index in [1.54, 1.807) is 23.6 Å². The minimum atomic E-state index is -0.0578. The molecule has 1 atom stereocenters. The maximum Gasteiger partial charge on any atom is 0.224 e. The van der Waals surface area contributed by atoms with E-state index >= 15 is 0 Å². The summed E-state index contributed by atoms with van der Waals surface area (Å²) >= 11 is 8.04. The van der Waals surface area contributed by atoms with Crippen LogP contribution in [0.4, 0.5) is 0 Å². The lowest BCUT2D eigenvalue weighted by Gasteiger charge is -2.35. The monoisotopic (exact) mass is 303 g/mol. The van der Waals surface area contributed by atoms with E-state index < -0.39 is 0 Å². The van der Waals surface area contributed by atoms with Crippen molar-refractivity contribution in [2.45, 2.75) is 18.7 Å². The Morgan fingerprint density at radius 1 is 1.58 bits per heavy atom. The second-order valence-corrected chi connectivity index (χ2v) is 6.01. The van der Waals surface area contributed by atoms with Crippen LogP contribution in [0.3, 0.4) is 0 Å². The van der Waals surface area contributed by atoms with Gasteiger partial charge in [0.15, 0.2) is 0 Å². The van der Waals surface area contributed by atoms with Crippen LogP contribution in [-0.2, 0) is 16.6 Å². The number of hydrogen-bond acceptors (Lipinski definition) is 4. The first-order valence-corrected chi connectivity index (χ1v) is 7.58. The number of methoxy groups -OCH3 is 1. The number of rotatable bonds is 4. The Morgan fingerprint density at radius 3 is 2.89 bits per heavy atom. The molecule has 1 aromatic heterocycles. The smallest absolute Gasteiger partial charge is 0.224 e. The van der Waals surface area contributed by atoms with Gasteiger partial charge in [-0.25, -0.2) is 0 Å². The summed E-state index contributed by atoms with van der Waals surface area (Å²) in [4.78, 5) is 13.9. The molecular formula is C12H18ClN3O2S. The number of aromatic nitrogens is 2. The number of carbonyl (C=O) groups is 1. The molecule has 0 aliphatic carbocycles. The number of nitrogens with zero attached hydrogens (tertiary/aromatic N) is 3. The lowest BCUT2D eigenvalue weighted by atomic mass is 10.2. The molecule has 1 aromatic rings. The van der Waals surface area contributed by atoms with Gasteiger partial charge in [0.1, 0.15) is 10.5 Å². The van der Waals surface area contributed by atoms with Crippen molar-refractivity contribution in [1.29, 1.82) is 0 Å². The van der Waals surface area contributed by atoms with Crippen LogP contribution in [0.1, 0.15) is 23.1 Å². The molecule has 0 aromatic carbocycles. The van der Waals surface area contributed by atoms with Crippen LogP contribution in [0.2, 0.25) is 5.15 Å². The van der Waals surface area contributed by atoms with Crippen molar-refractivity contribution in [2.75, 3.05) is 26.0 Å². The van der Waals surface area contributed by atoms with Crippen molar-refractivity contribution in [3.05, 3.63) is 16.4 Å². The Bertz CT molecular complexity index is 478. The van der Waals surface area contributed by atoms with Gasteiger partial charge in [-0.2, -0.15) is 5.10 Å². The van der Waals surface area contributed by atoms with Gasteiger partial charge in [0, 0.05) is 38.4 Å². The molecular weight excluding hydrogens is 286 g/mol. The van der Waals surface area contributed by atoms with Crippen LogP contribution in [-0.4, -0.2) is 46.6 Å². The molecule has 19 heavy (non-hydrogen) atoms. The molecule has 0 spiro atoms. The summed E-state index contributed by atoms with van der Waals surface area (Å²) in [5.41, 5.74) is 1.82. The summed E-state index contributed by atoms with van der Waals surface area (Å²) < 4.78 is 6.74. The third-order valence-electron chi connectivity index (χ3n) is 3.17. The molecule has 5 nitrogen and oxygen atoms in total. The maximum absolute atomic E-state index is 12.1. The van der Waals surface area contributed by atoms with Crippen LogP contribution in [0.5, 0.6) is 0 Å². The molecule has 1 unspecified atom stereocenters. The molecule has 2 heterocycles. The summed E-state index contributed by atoms with van der Waals surface area (Å²) in [6.07, 6.45) is 0.571. The number of carbonyl (C=O) groups excluding carboxylic acids is 1. The van der Waals surface area contributed by atoms with E-state index in [0.29, 0.717) is 24.7 Å². The zero-order chi connectivity index (χ0) is 14.0. The van der Waals surface area contributed by atoms with Crippen molar-refractivity contribution in [1.82, 2.24) is 14.7 Å². The summed E-state index contributed by atoms with van der Waals surface area (Å²) in [5, 5.41) is 4.87. The molecule has 0 radical (unpaired) electrons. The van der Waals surface area contributed by atoms with Gasteiger partial charge in [-0.15, -0.1) is 11.8 Å². The van der Waals surface area contributed by atoms with E-state index in [-0.39, 0.29) is 11.3 Å². The van der Waals surface area contributed by atoms with Gasteiger partial charge in [0.05, 0.1) is 12.3 Å². The van der Waals surface area contributed by atoms with Gasteiger partial charge in [0.25, 0.3) is 0 Å². The molecule has 0 bridgehead atoms. The Kier molecular flexibility index (Phi) is 4.76. The van der Waals surface area contributed by atoms with E-state index in [2.05, 4.69) is 5.10 Å². The van der Waals surface area contributed by atoms with Gasteiger partial charge in [-0.1, -0.05) is 11.6 Å². The number of hydrogen-bond donors (Lipinski definition) is 0. The third-order valence-corrected chi connectivity index (χ3v) is 4.87. The number of ether oxygens (including phenoxy) is 1. The molecule has 7 heteroatoms. The predicted octanol–water partition coefficient (Wildman–Crippen LogP) is 1.99. The SMILES string of the molecule is COCCN1C(=O)CCSC1c1c(C)nn(C)c1Cl. The molecule has 2 rings (SSSR count). The summed E-state index contributed by atoms with van der Waals surface area (Å²) in [6.45, 7) is 3.03. The van der Waals surface area contributed by atoms with Crippen LogP contribution in [0.25, 0.3) is 0 Å². The van der Waals surface area contributed by atoms with Crippen molar-refractivity contribution in [3.8, 4) is 0 Å². The van der Waals surface area contributed by atoms with Crippen molar-refractivity contribution in [3.63, 3.8) is 0 Å². The largest absolute Gasteiger partial charge is 0.383 e. The lowest BCUT2D eigenvalue weighted by Crippen LogP contribution is -2.39.